The predicted molar refractivity (Wildman–Crippen MR) is 106 cm³/mol. The third kappa shape index (κ3) is 2.80. The summed E-state index contributed by atoms with van der Waals surface area (Å²) in [4.78, 5) is 24.6. The lowest BCUT2D eigenvalue weighted by molar-refractivity contribution is 0.0775. The quantitative estimate of drug-likeness (QED) is 0.698. The molecule has 28 heavy (non-hydrogen) atoms. The first kappa shape index (κ1) is 17.4. The van der Waals surface area contributed by atoms with Crippen LogP contribution >= 0.6 is 0 Å². The Labute approximate surface area is 164 Å². The number of hydrogen-bond donors (Lipinski definition) is 0. The minimum absolute atomic E-state index is 0.0710. The van der Waals surface area contributed by atoms with Gasteiger partial charge in [-0.2, -0.15) is 5.10 Å². The molecule has 1 aliphatic heterocycles. The van der Waals surface area contributed by atoms with Crippen LogP contribution in [0.15, 0.2) is 30.6 Å². The summed E-state index contributed by atoms with van der Waals surface area (Å²) in [6, 6.07) is 6.05. The zero-order valence-electron chi connectivity index (χ0n) is 16.3. The summed E-state index contributed by atoms with van der Waals surface area (Å²) in [7, 11) is 0. The second-order valence-corrected chi connectivity index (χ2v) is 7.89. The van der Waals surface area contributed by atoms with Crippen LogP contribution < -0.4 is 0 Å². The van der Waals surface area contributed by atoms with E-state index in [1.54, 1.807) is 10.9 Å². The average molecular weight is 378 g/mol. The van der Waals surface area contributed by atoms with E-state index in [-0.39, 0.29) is 11.9 Å². The highest BCUT2D eigenvalue weighted by Gasteiger charge is 2.34. The monoisotopic (exact) mass is 378 g/mol. The summed E-state index contributed by atoms with van der Waals surface area (Å²) in [6.45, 7) is 4.17. The second kappa shape index (κ2) is 7.04. The molecule has 7 heteroatoms. The lowest BCUT2D eigenvalue weighted by atomic mass is 10.1. The van der Waals surface area contributed by atoms with Crippen molar-refractivity contribution < 1.29 is 4.79 Å². The van der Waals surface area contributed by atoms with Crippen LogP contribution in [-0.2, 0) is 6.54 Å². The van der Waals surface area contributed by atoms with Crippen LogP contribution in [-0.4, -0.2) is 48.2 Å². The zero-order chi connectivity index (χ0) is 19.1. The Kier molecular flexibility index (Phi) is 4.37. The molecule has 0 radical (unpaired) electrons. The van der Waals surface area contributed by atoms with Gasteiger partial charge in [0.15, 0.2) is 5.65 Å². The van der Waals surface area contributed by atoms with E-state index in [9.17, 15) is 4.79 Å². The van der Waals surface area contributed by atoms with Gasteiger partial charge in [0.05, 0.1) is 6.04 Å². The van der Waals surface area contributed by atoms with Crippen LogP contribution in [0.1, 0.15) is 67.3 Å². The highest BCUT2D eigenvalue weighted by Crippen LogP contribution is 2.38. The number of amides is 1. The molecule has 0 spiro atoms. The number of aromatic nitrogens is 5. The molecule has 1 aliphatic carbocycles. The SMILES string of the molecule is CCn1nccc1C(=O)N1CC[C@@H](n2c(C3CCCC3)nc3cccnc32)C1. The average Bonchev–Trinajstić information content (AvgIpc) is 3.52. The molecule has 1 amide bonds. The Morgan fingerprint density at radius 2 is 2.04 bits per heavy atom. The Balaban J connectivity index is 1.46. The zero-order valence-corrected chi connectivity index (χ0v) is 16.3. The van der Waals surface area contributed by atoms with Gasteiger partial charge in [0.1, 0.15) is 17.0 Å². The molecule has 2 aliphatic rings. The van der Waals surface area contributed by atoms with Crippen LogP contribution in [0.25, 0.3) is 11.2 Å². The van der Waals surface area contributed by atoms with Crippen molar-refractivity contribution in [1.82, 2.24) is 29.2 Å². The summed E-state index contributed by atoms with van der Waals surface area (Å²) in [5, 5.41) is 4.25. The van der Waals surface area contributed by atoms with Crippen LogP contribution in [0.3, 0.4) is 0 Å². The van der Waals surface area contributed by atoms with Crippen LogP contribution in [0.2, 0.25) is 0 Å². The standard InChI is InChI=1S/C21H26N6O/c1-2-26-18(9-12-23-26)21(28)25-13-10-16(14-25)27-19(15-6-3-4-7-15)24-17-8-5-11-22-20(17)27/h5,8-9,11-12,15-16H,2-4,6-7,10,13-14H2,1H3/t16-/m1/s1. The fourth-order valence-electron chi connectivity index (χ4n) is 4.84. The molecule has 5 rings (SSSR count). The first-order valence-electron chi connectivity index (χ1n) is 10.4. The Morgan fingerprint density at radius 3 is 2.86 bits per heavy atom. The number of carbonyl (C=O) groups excluding carboxylic acids is 1. The van der Waals surface area contributed by atoms with Gasteiger partial charge in [-0.15, -0.1) is 0 Å². The lowest BCUT2D eigenvalue weighted by Crippen LogP contribution is -2.31. The molecule has 0 N–H and O–H groups in total. The highest BCUT2D eigenvalue weighted by atomic mass is 16.2. The van der Waals surface area contributed by atoms with Crippen molar-refractivity contribution in [3.63, 3.8) is 0 Å². The van der Waals surface area contributed by atoms with Crippen LogP contribution in [0.5, 0.6) is 0 Å². The molecule has 4 heterocycles. The van der Waals surface area contributed by atoms with Gasteiger partial charge < -0.3 is 9.47 Å². The molecule has 3 aromatic rings. The Bertz CT molecular complexity index is 999. The van der Waals surface area contributed by atoms with Gasteiger partial charge in [0, 0.05) is 37.9 Å². The van der Waals surface area contributed by atoms with Crippen molar-refractivity contribution in [3.8, 4) is 0 Å². The van der Waals surface area contributed by atoms with Gasteiger partial charge in [-0.3, -0.25) is 9.48 Å². The molecule has 7 nitrogen and oxygen atoms in total. The summed E-state index contributed by atoms with van der Waals surface area (Å²) in [6.07, 6.45) is 9.44. The van der Waals surface area contributed by atoms with E-state index in [2.05, 4.69) is 20.7 Å². The summed E-state index contributed by atoms with van der Waals surface area (Å²) >= 11 is 0. The van der Waals surface area contributed by atoms with Crippen molar-refractivity contribution in [2.75, 3.05) is 13.1 Å². The molecule has 1 saturated heterocycles. The van der Waals surface area contributed by atoms with Gasteiger partial charge in [0.25, 0.3) is 5.91 Å². The van der Waals surface area contributed by atoms with Gasteiger partial charge >= 0.3 is 0 Å². The van der Waals surface area contributed by atoms with Gasteiger partial charge in [-0.1, -0.05) is 12.8 Å². The lowest BCUT2D eigenvalue weighted by Gasteiger charge is -2.20. The maximum absolute atomic E-state index is 13.0. The molecule has 1 atom stereocenters. The fourth-order valence-corrected chi connectivity index (χ4v) is 4.84. The molecule has 2 fully saturated rings. The van der Waals surface area contributed by atoms with E-state index >= 15 is 0 Å². The Morgan fingerprint density at radius 1 is 1.18 bits per heavy atom. The molecule has 0 unspecified atom stereocenters. The van der Waals surface area contributed by atoms with Crippen molar-refractivity contribution in [2.24, 2.45) is 0 Å². The third-order valence-electron chi connectivity index (χ3n) is 6.25. The maximum atomic E-state index is 13.0. The molecular weight excluding hydrogens is 352 g/mol. The normalized spacial score (nSPS) is 20.5. The topological polar surface area (TPSA) is 68.8 Å². The predicted octanol–water partition coefficient (Wildman–Crippen LogP) is 3.39. The number of hydrogen-bond acceptors (Lipinski definition) is 4. The highest BCUT2D eigenvalue weighted by molar-refractivity contribution is 5.92. The van der Waals surface area contributed by atoms with E-state index in [0.717, 1.165) is 24.1 Å². The van der Waals surface area contributed by atoms with Gasteiger partial charge in [0.2, 0.25) is 0 Å². The maximum Gasteiger partial charge on any atom is 0.272 e. The number of carbonyl (C=O) groups is 1. The molecule has 0 aromatic carbocycles. The molecular formula is C21H26N6O. The summed E-state index contributed by atoms with van der Waals surface area (Å²) < 4.78 is 4.11. The minimum Gasteiger partial charge on any atom is -0.335 e. The smallest absolute Gasteiger partial charge is 0.272 e. The fraction of sp³-hybridized carbons (Fsp3) is 0.524. The molecule has 3 aromatic heterocycles. The van der Waals surface area contributed by atoms with Gasteiger partial charge in [-0.25, -0.2) is 9.97 Å². The van der Waals surface area contributed by atoms with Crippen molar-refractivity contribution in [3.05, 3.63) is 42.1 Å². The number of pyridine rings is 1. The van der Waals surface area contributed by atoms with E-state index in [0.29, 0.717) is 24.7 Å². The minimum atomic E-state index is 0.0710. The van der Waals surface area contributed by atoms with E-state index < -0.39 is 0 Å². The summed E-state index contributed by atoms with van der Waals surface area (Å²) in [5.41, 5.74) is 2.60. The van der Waals surface area contributed by atoms with E-state index in [4.69, 9.17) is 4.98 Å². The van der Waals surface area contributed by atoms with Crippen LogP contribution in [0.4, 0.5) is 0 Å². The molecule has 146 valence electrons. The number of nitrogens with zero attached hydrogens (tertiary/aromatic N) is 6. The van der Waals surface area contributed by atoms with Crippen molar-refractivity contribution in [2.45, 2.75) is 57.5 Å². The first-order chi connectivity index (χ1) is 13.8. The Hall–Kier alpha value is -2.70. The van der Waals surface area contributed by atoms with Crippen molar-refractivity contribution in [1.29, 1.82) is 0 Å². The van der Waals surface area contributed by atoms with Gasteiger partial charge in [-0.05, 0) is 44.4 Å². The van der Waals surface area contributed by atoms with E-state index in [1.807, 2.05) is 30.2 Å². The molecule has 1 saturated carbocycles. The van der Waals surface area contributed by atoms with Crippen LogP contribution in [0, 0.1) is 0 Å². The number of imidazole rings is 1. The first-order valence-corrected chi connectivity index (χ1v) is 10.4. The third-order valence-corrected chi connectivity index (χ3v) is 6.25. The molecule has 0 bridgehead atoms. The number of aryl methyl sites for hydroxylation is 1. The summed E-state index contributed by atoms with van der Waals surface area (Å²) in [5.74, 6) is 1.76. The number of fused-ring (bicyclic) bond motifs is 1. The number of likely N-dealkylation sites (tertiary alicyclic amines) is 1. The second-order valence-electron chi connectivity index (χ2n) is 7.89. The van der Waals surface area contributed by atoms with E-state index in [1.165, 1.54) is 31.5 Å². The number of rotatable bonds is 4. The van der Waals surface area contributed by atoms with Crippen molar-refractivity contribution >= 4 is 17.1 Å². The largest absolute Gasteiger partial charge is 0.335 e.